The number of thiazole rings is 1. The SMILES string of the molecule is Cc1ccc2nc(NC(C)c3c(C)noc3C)sc2c1. The minimum Gasteiger partial charge on any atom is -0.361 e. The van der Waals surface area contributed by atoms with Gasteiger partial charge in [0.2, 0.25) is 0 Å². The molecule has 3 aromatic rings. The summed E-state index contributed by atoms with van der Waals surface area (Å²) in [6.07, 6.45) is 0. The molecule has 104 valence electrons. The van der Waals surface area contributed by atoms with Gasteiger partial charge >= 0.3 is 0 Å². The fraction of sp³-hybridized carbons (Fsp3) is 0.333. The summed E-state index contributed by atoms with van der Waals surface area (Å²) in [6.45, 7) is 8.10. The van der Waals surface area contributed by atoms with Gasteiger partial charge in [-0.1, -0.05) is 22.6 Å². The molecular weight excluding hydrogens is 270 g/mol. The molecule has 0 aliphatic heterocycles. The van der Waals surface area contributed by atoms with E-state index in [4.69, 9.17) is 4.52 Å². The standard InChI is InChI=1S/C15H17N3OS/c1-8-5-6-12-13(7-8)20-15(17-12)16-9(2)14-10(3)18-19-11(14)4/h5-7,9H,1-4H3,(H,16,17). The third-order valence-electron chi connectivity index (χ3n) is 3.41. The van der Waals surface area contributed by atoms with Gasteiger partial charge in [0.1, 0.15) is 5.76 Å². The number of rotatable bonds is 3. The van der Waals surface area contributed by atoms with Gasteiger partial charge in [-0.25, -0.2) is 4.98 Å². The van der Waals surface area contributed by atoms with Crippen LogP contribution in [0.5, 0.6) is 0 Å². The van der Waals surface area contributed by atoms with Crippen molar-refractivity contribution in [2.45, 2.75) is 33.7 Å². The molecule has 1 N–H and O–H groups in total. The van der Waals surface area contributed by atoms with E-state index in [-0.39, 0.29) is 6.04 Å². The summed E-state index contributed by atoms with van der Waals surface area (Å²) < 4.78 is 6.43. The number of fused-ring (bicyclic) bond motifs is 1. The monoisotopic (exact) mass is 287 g/mol. The number of nitrogens with zero attached hydrogens (tertiary/aromatic N) is 2. The molecular formula is C15H17N3OS. The quantitative estimate of drug-likeness (QED) is 0.776. The fourth-order valence-electron chi connectivity index (χ4n) is 2.46. The molecule has 0 saturated heterocycles. The molecule has 4 nitrogen and oxygen atoms in total. The van der Waals surface area contributed by atoms with E-state index in [1.165, 1.54) is 10.3 Å². The Morgan fingerprint density at radius 3 is 2.75 bits per heavy atom. The van der Waals surface area contributed by atoms with Crippen molar-refractivity contribution < 1.29 is 4.52 Å². The van der Waals surface area contributed by atoms with Gasteiger partial charge < -0.3 is 9.84 Å². The molecule has 0 saturated carbocycles. The van der Waals surface area contributed by atoms with E-state index < -0.39 is 0 Å². The van der Waals surface area contributed by atoms with Crippen molar-refractivity contribution in [3.63, 3.8) is 0 Å². The first-order valence-corrected chi connectivity index (χ1v) is 7.42. The Bertz CT molecular complexity index is 740. The molecule has 2 aromatic heterocycles. The van der Waals surface area contributed by atoms with Crippen LogP contribution in [0, 0.1) is 20.8 Å². The minimum atomic E-state index is 0.128. The van der Waals surface area contributed by atoms with Crippen LogP contribution in [0.3, 0.4) is 0 Å². The van der Waals surface area contributed by atoms with Crippen LogP contribution in [0.4, 0.5) is 5.13 Å². The van der Waals surface area contributed by atoms with E-state index in [2.05, 4.69) is 47.5 Å². The second kappa shape index (κ2) is 4.90. The molecule has 0 bridgehead atoms. The zero-order chi connectivity index (χ0) is 14.3. The highest BCUT2D eigenvalue weighted by Crippen LogP contribution is 2.30. The molecule has 1 atom stereocenters. The molecule has 3 rings (SSSR count). The van der Waals surface area contributed by atoms with Crippen molar-refractivity contribution in [1.82, 2.24) is 10.1 Å². The first-order valence-electron chi connectivity index (χ1n) is 6.61. The summed E-state index contributed by atoms with van der Waals surface area (Å²) in [6, 6.07) is 6.44. The minimum absolute atomic E-state index is 0.128. The maximum atomic E-state index is 5.22. The molecule has 1 aromatic carbocycles. The lowest BCUT2D eigenvalue weighted by Crippen LogP contribution is -2.08. The lowest BCUT2D eigenvalue weighted by atomic mass is 10.1. The van der Waals surface area contributed by atoms with Crippen LogP contribution in [-0.4, -0.2) is 10.1 Å². The highest BCUT2D eigenvalue weighted by molar-refractivity contribution is 7.22. The van der Waals surface area contributed by atoms with Crippen molar-refractivity contribution in [3.8, 4) is 0 Å². The number of benzene rings is 1. The topological polar surface area (TPSA) is 51.0 Å². The summed E-state index contributed by atoms with van der Waals surface area (Å²) in [4.78, 5) is 4.62. The van der Waals surface area contributed by atoms with Gasteiger partial charge in [-0.2, -0.15) is 0 Å². The molecule has 0 aliphatic rings. The van der Waals surface area contributed by atoms with E-state index in [0.717, 1.165) is 27.7 Å². The summed E-state index contributed by atoms with van der Waals surface area (Å²) in [5, 5.41) is 8.37. The second-order valence-electron chi connectivity index (χ2n) is 5.09. The molecule has 20 heavy (non-hydrogen) atoms. The van der Waals surface area contributed by atoms with Crippen molar-refractivity contribution in [2.75, 3.05) is 5.32 Å². The Balaban J connectivity index is 1.89. The van der Waals surface area contributed by atoms with Crippen LogP contribution in [0.15, 0.2) is 22.7 Å². The maximum Gasteiger partial charge on any atom is 0.184 e. The van der Waals surface area contributed by atoms with Gasteiger partial charge in [-0.15, -0.1) is 0 Å². The molecule has 1 unspecified atom stereocenters. The van der Waals surface area contributed by atoms with Gasteiger partial charge in [0.15, 0.2) is 5.13 Å². The number of nitrogens with one attached hydrogen (secondary N) is 1. The van der Waals surface area contributed by atoms with Crippen molar-refractivity contribution in [2.24, 2.45) is 0 Å². The van der Waals surface area contributed by atoms with E-state index in [9.17, 15) is 0 Å². The molecule has 0 aliphatic carbocycles. The van der Waals surface area contributed by atoms with Crippen LogP contribution in [0.1, 0.15) is 35.5 Å². The van der Waals surface area contributed by atoms with Crippen LogP contribution < -0.4 is 5.32 Å². The molecule has 0 radical (unpaired) electrons. The molecule has 0 amide bonds. The Morgan fingerprint density at radius 2 is 2.05 bits per heavy atom. The zero-order valence-electron chi connectivity index (χ0n) is 12.0. The average Bonchev–Trinajstić information content (AvgIpc) is 2.92. The van der Waals surface area contributed by atoms with Crippen LogP contribution in [0.2, 0.25) is 0 Å². The highest BCUT2D eigenvalue weighted by Gasteiger charge is 2.17. The third kappa shape index (κ3) is 2.29. The van der Waals surface area contributed by atoms with Crippen LogP contribution >= 0.6 is 11.3 Å². The molecule has 2 heterocycles. The van der Waals surface area contributed by atoms with Crippen molar-refractivity contribution in [3.05, 3.63) is 40.8 Å². The van der Waals surface area contributed by atoms with Gasteiger partial charge in [0, 0.05) is 5.56 Å². The van der Waals surface area contributed by atoms with Gasteiger partial charge in [-0.05, 0) is 45.4 Å². The predicted molar refractivity (Wildman–Crippen MR) is 82.4 cm³/mol. The van der Waals surface area contributed by atoms with Gasteiger partial charge in [-0.3, -0.25) is 0 Å². The Labute approximate surface area is 121 Å². The summed E-state index contributed by atoms with van der Waals surface area (Å²) in [5.41, 5.74) is 4.33. The first-order chi connectivity index (χ1) is 9.54. The fourth-order valence-corrected chi connectivity index (χ4v) is 3.51. The second-order valence-corrected chi connectivity index (χ2v) is 6.12. The van der Waals surface area contributed by atoms with E-state index in [0.29, 0.717) is 0 Å². The molecule has 0 spiro atoms. The highest BCUT2D eigenvalue weighted by atomic mass is 32.1. The Morgan fingerprint density at radius 1 is 1.25 bits per heavy atom. The molecule has 5 heteroatoms. The first kappa shape index (κ1) is 13.1. The number of aromatic nitrogens is 2. The number of hydrogen-bond donors (Lipinski definition) is 1. The van der Waals surface area contributed by atoms with Crippen molar-refractivity contribution >= 4 is 26.7 Å². The van der Waals surface area contributed by atoms with Crippen LogP contribution in [-0.2, 0) is 0 Å². The number of aryl methyl sites for hydroxylation is 3. The van der Waals surface area contributed by atoms with Gasteiger partial charge in [0.05, 0.1) is 22.0 Å². The lowest BCUT2D eigenvalue weighted by Gasteiger charge is -2.12. The Kier molecular flexibility index (Phi) is 3.22. The van der Waals surface area contributed by atoms with E-state index >= 15 is 0 Å². The lowest BCUT2D eigenvalue weighted by molar-refractivity contribution is 0.392. The Hall–Kier alpha value is -1.88. The molecule has 0 fully saturated rings. The summed E-state index contributed by atoms with van der Waals surface area (Å²) in [7, 11) is 0. The van der Waals surface area contributed by atoms with Crippen LogP contribution in [0.25, 0.3) is 10.2 Å². The van der Waals surface area contributed by atoms with E-state index in [1.807, 2.05) is 13.8 Å². The largest absolute Gasteiger partial charge is 0.361 e. The predicted octanol–water partition coefficient (Wildman–Crippen LogP) is 4.38. The average molecular weight is 287 g/mol. The van der Waals surface area contributed by atoms with E-state index in [1.54, 1.807) is 11.3 Å². The maximum absolute atomic E-state index is 5.22. The zero-order valence-corrected chi connectivity index (χ0v) is 12.8. The van der Waals surface area contributed by atoms with Crippen molar-refractivity contribution in [1.29, 1.82) is 0 Å². The third-order valence-corrected chi connectivity index (χ3v) is 4.35. The summed E-state index contributed by atoms with van der Waals surface area (Å²) >= 11 is 1.68. The normalized spacial score (nSPS) is 12.8. The number of anilines is 1. The number of hydrogen-bond acceptors (Lipinski definition) is 5. The van der Waals surface area contributed by atoms with Gasteiger partial charge in [0.25, 0.3) is 0 Å². The smallest absolute Gasteiger partial charge is 0.184 e. The summed E-state index contributed by atoms with van der Waals surface area (Å²) in [5.74, 6) is 0.861.